The van der Waals surface area contributed by atoms with Gasteiger partial charge in [0.2, 0.25) is 5.91 Å². The molecule has 12 nitrogen and oxygen atoms in total. The zero-order chi connectivity index (χ0) is 32.8. The predicted octanol–water partition coefficient (Wildman–Crippen LogP) is 1.61. The van der Waals surface area contributed by atoms with E-state index in [0.29, 0.717) is 44.9 Å². The van der Waals surface area contributed by atoms with Crippen molar-refractivity contribution in [1.82, 2.24) is 30.2 Å². The van der Waals surface area contributed by atoms with Crippen molar-refractivity contribution in [2.24, 2.45) is 4.99 Å². The largest absolute Gasteiger partial charge is 1.00 e. The number of aliphatic imine (C=N–C) groups is 1. The zero-order valence-corrected chi connectivity index (χ0v) is 29.5. The molecule has 48 heavy (non-hydrogen) atoms. The monoisotopic (exact) mass is 689 g/mol. The van der Waals surface area contributed by atoms with Crippen molar-refractivity contribution in [3.63, 3.8) is 0 Å². The summed E-state index contributed by atoms with van der Waals surface area (Å²) in [7, 11) is -3.97. The quantitative estimate of drug-likeness (QED) is 0.164. The number of sulfonamides is 1. The number of carbonyl (C=O) groups excluding carboxylic acids is 2. The number of aryl methyl sites for hydroxylation is 1. The van der Waals surface area contributed by atoms with Crippen LogP contribution in [0.5, 0.6) is 5.75 Å². The molecule has 0 aliphatic carbocycles. The number of benzene rings is 4. The Bertz CT molecular complexity index is 2100. The molecule has 2 N–H and O–H groups in total. The van der Waals surface area contributed by atoms with E-state index >= 15 is 0 Å². The Morgan fingerprint density at radius 2 is 1.77 bits per heavy atom. The maximum Gasteiger partial charge on any atom is 1.00 e. The predicted molar refractivity (Wildman–Crippen MR) is 178 cm³/mol. The minimum atomic E-state index is -3.97. The normalized spacial score (nSPS) is 14.4. The maximum atomic E-state index is 12.9. The molecule has 0 atom stereocenters. The summed E-state index contributed by atoms with van der Waals surface area (Å²) in [5.41, 5.74) is 4.42. The first-order valence-corrected chi connectivity index (χ1v) is 16.6. The summed E-state index contributed by atoms with van der Waals surface area (Å²) in [5, 5.41) is 14.5. The van der Waals surface area contributed by atoms with Crippen molar-refractivity contribution in [2.45, 2.75) is 24.8 Å². The summed E-state index contributed by atoms with van der Waals surface area (Å²) in [5.74, 6) is -0.425. The van der Waals surface area contributed by atoms with Gasteiger partial charge in [-0.15, -0.1) is 5.10 Å². The molecule has 0 saturated carbocycles. The van der Waals surface area contributed by atoms with E-state index in [1.165, 1.54) is 34.9 Å². The Balaban J connectivity index is 0.00000270. The van der Waals surface area contributed by atoms with E-state index in [0.717, 1.165) is 11.1 Å². The molecule has 238 valence electrons. The van der Waals surface area contributed by atoms with Crippen molar-refractivity contribution in [3.05, 3.63) is 131 Å². The average molecular weight is 690 g/mol. The van der Waals surface area contributed by atoms with Crippen molar-refractivity contribution in [1.29, 1.82) is 0 Å². The second kappa shape index (κ2) is 15.5. The van der Waals surface area contributed by atoms with Gasteiger partial charge in [0, 0.05) is 11.6 Å². The second-order valence-electron chi connectivity index (χ2n) is 10.4. The van der Waals surface area contributed by atoms with Crippen LogP contribution in [0.15, 0.2) is 118 Å². The van der Waals surface area contributed by atoms with Gasteiger partial charge < -0.3 is 11.5 Å². The van der Waals surface area contributed by atoms with Gasteiger partial charge in [0.15, 0.2) is 5.17 Å². The molecule has 0 spiro atoms. The number of amides is 2. The third-order valence-corrected chi connectivity index (χ3v) is 9.20. The van der Waals surface area contributed by atoms with E-state index in [1.807, 2.05) is 49.4 Å². The van der Waals surface area contributed by atoms with Crippen LogP contribution in [0, 0.1) is 6.92 Å². The molecule has 15 heteroatoms. The van der Waals surface area contributed by atoms with Gasteiger partial charge in [0.1, 0.15) is 18.7 Å². The third kappa shape index (κ3) is 8.85. The summed E-state index contributed by atoms with van der Waals surface area (Å²) in [6.07, 6.45) is 3.08. The van der Waals surface area contributed by atoms with Gasteiger partial charge in [0.25, 0.3) is 15.9 Å². The summed E-state index contributed by atoms with van der Waals surface area (Å²) < 4.78 is 34.8. The van der Waals surface area contributed by atoms with Crippen LogP contribution < -0.4 is 44.3 Å². The number of carbonyl (C=O) groups is 2. The number of hydrogen-bond acceptors (Lipinski definition) is 10. The molecule has 1 fully saturated rings. The van der Waals surface area contributed by atoms with Crippen LogP contribution in [0.2, 0.25) is 0 Å². The number of tetrazole rings is 1. The van der Waals surface area contributed by atoms with Crippen molar-refractivity contribution < 1.29 is 53.7 Å². The summed E-state index contributed by atoms with van der Waals surface area (Å²) in [4.78, 5) is 30.3. The number of thioether (sulfide) groups is 1. The fraction of sp³-hybridized carbons (Fsp3) is 0.0909. The Kier molecular flexibility index (Phi) is 11.2. The summed E-state index contributed by atoms with van der Waals surface area (Å²) >= 11 is 1.18. The van der Waals surface area contributed by atoms with Crippen LogP contribution in [0.4, 0.5) is 5.69 Å². The average Bonchev–Trinajstić information content (AvgIpc) is 3.72. The molecule has 0 unspecified atom stereocenters. The first-order chi connectivity index (χ1) is 22.7. The fourth-order valence-corrected chi connectivity index (χ4v) is 6.32. The Hall–Kier alpha value is -4.60. The van der Waals surface area contributed by atoms with Gasteiger partial charge in [-0.3, -0.25) is 9.59 Å². The smallest absolute Gasteiger partial charge is 1.00 e. The van der Waals surface area contributed by atoms with Crippen molar-refractivity contribution in [3.8, 4) is 11.4 Å². The maximum absolute atomic E-state index is 12.9. The molecule has 4 aromatic carbocycles. The minimum absolute atomic E-state index is 0. The van der Waals surface area contributed by atoms with E-state index in [4.69, 9.17) is 4.74 Å². The molecular formula is C33H28N7NaO5S2. The number of ether oxygens (including phenoxy) is 1. The van der Waals surface area contributed by atoms with E-state index in [-0.39, 0.29) is 48.2 Å². The van der Waals surface area contributed by atoms with Crippen LogP contribution in [0.1, 0.15) is 23.7 Å². The van der Waals surface area contributed by atoms with Crippen LogP contribution in [-0.4, -0.2) is 45.6 Å². The Labute approximate surface area is 304 Å². The van der Waals surface area contributed by atoms with Gasteiger partial charge in [-0.1, -0.05) is 60.2 Å². The molecule has 1 aliphatic rings. The minimum Gasteiger partial charge on any atom is -1.00 e. The molecule has 2 heterocycles. The van der Waals surface area contributed by atoms with E-state index in [1.54, 1.807) is 48.5 Å². The number of amidine groups is 1. The molecule has 1 aromatic heterocycles. The van der Waals surface area contributed by atoms with E-state index in [2.05, 4.69) is 30.6 Å². The standard InChI is InChI=1S/C33H27N7O5S2.Na.H/c1-22-7-15-28(16-8-22)47(43,44)37-31(41)17-23-9-12-26(13-10-23)35-33-36-32(42)30(46-33)18-25-11-14-27(40-21-34-38-39-40)19-29(25)45-20-24-5-3-2-4-6-24;;/h2-16,18-19,21H,17,20H2,1H3,(H,37,41)(H,35,36,42);;/q;+1;-1. The molecule has 0 bridgehead atoms. The zero-order valence-electron chi connectivity index (χ0n) is 26.9. The summed E-state index contributed by atoms with van der Waals surface area (Å²) in [6.45, 7) is 2.17. The van der Waals surface area contributed by atoms with Crippen LogP contribution >= 0.6 is 11.8 Å². The van der Waals surface area contributed by atoms with E-state index in [9.17, 15) is 18.0 Å². The molecular weight excluding hydrogens is 662 g/mol. The number of rotatable bonds is 10. The van der Waals surface area contributed by atoms with Gasteiger partial charge in [-0.2, -0.15) is 0 Å². The Morgan fingerprint density at radius 1 is 1.02 bits per heavy atom. The fourth-order valence-electron chi connectivity index (χ4n) is 4.50. The third-order valence-electron chi connectivity index (χ3n) is 6.90. The van der Waals surface area contributed by atoms with Crippen LogP contribution in [-0.2, 0) is 32.6 Å². The molecule has 0 radical (unpaired) electrons. The van der Waals surface area contributed by atoms with Crippen LogP contribution in [0.25, 0.3) is 11.8 Å². The van der Waals surface area contributed by atoms with Crippen molar-refractivity contribution >= 4 is 50.5 Å². The SMILES string of the molecule is Cc1ccc(S(=O)(=O)NC(=O)Cc2ccc(N=C3NC(=O)C(=Cc4ccc(-n5cnnn5)cc4OCc4ccccc4)S3)cc2)cc1.[H-].[Na+]. The Morgan fingerprint density at radius 3 is 2.48 bits per heavy atom. The summed E-state index contributed by atoms with van der Waals surface area (Å²) in [6, 6.07) is 28.1. The number of nitrogens with one attached hydrogen (secondary N) is 2. The van der Waals surface area contributed by atoms with Gasteiger partial charge >= 0.3 is 29.6 Å². The van der Waals surface area contributed by atoms with Gasteiger partial charge in [-0.25, -0.2) is 22.8 Å². The topological polar surface area (TPSA) is 158 Å². The van der Waals surface area contributed by atoms with Gasteiger partial charge in [-0.05, 0) is 82.7 Å². The molecule has 2 amide bonds. The van der Waals surface area contributed by atoms with Gasteiger partial charge in [0.05, 0.1) is 27.6 Å². The first-order valence-electron chi connectivity index (χ1n) is 14.3. The molecule has 6 rings (SSSR count). The first kappa shape index (κ1) is 34.7. The van der Waals surface area contributed by atoms with Crippen molar-refractivity contribution in [2.75, 3.05) is 0 Å². The second-order valence-corrected chi connectivity index (χ2v) is 13.1. The van der Waals surface area contributed by atoms with E-state index < -0.39 is 15.9 Å². The molecule has 1 saturated heterocycles. The molecule has 5 aromatic rings. The molecule has 1 aliphatic heterocycles. The number of hydrogen-bond donors (Lipinski definition) is 2. The number of nitrogens with zero attached hydrogens (tertiary/aromatic N) is 5. The number of aromatic nitrogens is 4. The van der Waals surface area contributed by atoms with Crippen LogP contribution in [0.3, 0.4) is 0 Å².